The molecule has 0 aromatic carbocycles. The zero-order valence-electron chi connectivity index (χ0n) is 61.2. The van der Waals surface area contributed by atoms with E-state index in [2.05, 4.69) is 41.5 Å². The van der Waals surface area contributed by atoms with Gasteiger partial charge in [-0.15, -0.1) is 0 Å². The molecular formula is C76H140N4O15. The molecule has 554 valence electrons. The maximum Gasteiger partial charge on any atom is 0.311 e. The van der Waals surface area contributed by atoms with Crippen LogP contribution in [0.4, 0.5) is 0 Å². The normalized spacial score (nSPS) is 17.5. The summed E-state index contributed by atoms with van der Waals surface area (Å²) in [5.41, 5.74) is 5.49. The molecule has 1 aliphatic heterocycles. The van der Waals surface area contributed by atoms with Crippen LogP contribution >= 0.6 is 0 Å². The van der Waals surface area contributed by atoms with Crippen LogP contribution in [-0.2, 0) is 66.8 Å². The number of hydrogen-bond acceptors (Lipinski definition) is 15. The quantitative estimate of drug-likeness (QED) is 0.0215. The third-order valence-electron chi connectivity index (χ3n) is 18.5. The number of ether oxygens (including phenoxy) is 6. The summed E-state index contributed by atoms with van der Waals surface area (Å²) in [7, 11) is 1.18. The number of carbonyl (C=O) groups is 8. The first-order valence-electron chi connectivity index (χ1n) is 38.7. The molecule has 0 spiro atoms. The number of amides is 4. The van der Waals surface area contributed by atoms with Crippen LogP contribution in [0.15, 0.2) is 0 Å². The van der Waals surface area contributed by atoms with Gasteiger partial charge in [0, 0.05) is 26.2 Å². The van der Waals surface area contributed by atoms with Gasteiger partial charge >= 0.3 is 23.9 Å². The van der Waals surface area contributed by atoms with Crippen LogP contribution in [0.3, 0.4) is 0 Å². The highest BCUT2D eigenvalue weighted by molar-refractivity contribution is 5.92. The van der Waals surface area contributed by atoms with E-state index >= 15 is 0 Å². The number of hydrogen-bond donors (Lipinski definition) is 5. The zero-order valence-corrected chi connectivity index (χ0v) is 61.2. The van der Waals surface area contributed by atoms with Crippen molar-refractivity contribution in [3.8, 4) is 0 Å². The number of aliphatic hydroxyl groups is 1. The van der Waals surface area contributed by atoms with Gasteiger partial charge in [-0.05, 0) is 46.0 Å². The number of nitrogens with two attached hydrogens (primary N) is 1. The fraction of sp³-hybridized carbons (Fsp3) is 0.895. The van der Waals surface area contributed by atoms with Crippen LogP contribution in [-0.4, -0.2) is 121 Å². The van der Waals surface area contributed by atoms with Crippen molar-refractivity contribution >= 4 is 47.5 Å². The van der Waals surface area contributed by atoms with Gasteiger partial charge < -0.3 is 55.2 Å². The van der Waals surface area contributed by atoms with Gasteiger partial charge in [-0.1, -0.05) is 290 Å². The SMILES string of the molecule is CCCCCCCCCCCCCCCCCCCCCCCC(=O)O[C@H](CCCCCCCCCCC)CC(=O)O[C@H]1O[C@H](COC(=O)CCCCCCCCCCCCCCCCC)[C@@H](O)[C@@H](OC(C)C(=O)N[C@@H](C)C(=O)N[C@H](CCC(=O)OC)C(N)=O)[C@H]1NC(C)=O. The lowest BCUT2D eigenvalue weighted by Crippen LogP contribution is -2.66. The molecule has 19 heteroatoms. The Kier molecular flexibility index (Phi) is 56.7. The van der Waals surface area contributed by atoms with Crippen molar-refractivity contribution in [1.29, 1.82) is 0 Å². The standard InChI is InChI=1S/C76H140N4O15/c1-8-11-14-17-20-23-25-27-29-30-31-32-33-34-36-38-40-43-46-49-52-55-68(84)93-63(53-50-47-44-41-22-19-16-13-10-3)58-69(85)95-76-70(79-62(6)81)72(92-61(5)75(89)78-60(4)74(88)80-64(73(77)87)56-57-66(82)90-7)71(86)65(94-76)59-91-67(83)54-51-48-45-42-39-37-35-28-26-24-21-18-15-12-9-2/h60-61,63-65,70-72,76,86H,8-59H2,1-7H3,(H2,77,87)(H,78,89)(H,79,81)(H,80,88)/t60-,61?,63+,64+,65+,70+,71+,72-,76+/m0/s1. The number of aliphatic hydroxyl groups excluding tert-OH is 1. The third kappa shape index (κ3) is 48.9. The van der Waals surface area contributed by atoms with Gasteiger partial charge in [-0.2, -0.15) is 0 Å². The van der Waals surface area contributed by atoms with E-state index in [1.165, 1.54) is 227 Å². The summed E-state index contributed by atoms with van der Waals surface area (Å²) < 4.78 is 34.8. The van der Waals surface area contributed by atoms with Gasteiger partial charge in [0.1, 0.15) is 55.3 Å². The molecule has 1 fully saturated rings. The molecular weight excluding hydrogens is 1210 g/mol. The lowest BCUT2D eigenvalue weighted by Gasteiger charge is -2.44. The highest BCUT2D eigenvalue weighted by atomic mass is 16.7. The van der Waals surface area contributed by atoms with E-state index in [4.69, 9.17) is 29.4 Å². The van der Waals surface area contributed by atoms with E-state index in [0.717, 1.165) is 70.6 Å². The molecule has 0 saturated carbocycles. The van der Waals surface area contributed by atoms with Gasteiger partial charge in [0.15, 0.2) is 0 Å². The van der Waals surface area contributed by atoms with Gasteiger partial charge in [0.05, 0.1) is 13.5 Å². The van der Waals surface area contributed by atoms with Gasteiger partial charge in [-0.25, -0.2) is 0 Å². The predicted molar refractivity (Wildman–Crippen MR) is 377 cm³/mol. The van der Waals surface area contributed by atoms with E-state index in [-0.39, 0.29) is 32.1 Å². The van der Waals surface area contributed by atoms with Crippen molar-refractivity contribution in [3.05, 3.63) is 0 Å². The van der Waals surface area contributed by atoms with E-state index in [1.54, 1.807) is 0 Å². The minimum absolute atomic E-state index is 0.126. The van der Waals surface area contributed by atoms with Crippen molar-refractivity contribution in [1.82, 2.24) is 16.0 Å². The van der Waals surface area contributed by atoms with Crippen LogP contribution in [0, 0.1) is 0 Å². The molecule has 6 N–H and O–H groups in total. The van der Waals surface area contributed by atoms with Crippen LogP contribution in [0.1, 0.15) is 369 Å². The van der Waals surface area contributed by atoms with E-state index in [1.807, 2.05) is 0 Å². The summed E-state index contributed by atoms with van der Waals surface area (Å²) in [6, 6.07) is -3.94. The number of methoxy groups -OCH3 is 1. The Morgan fingerprint density at radius 3 is 1.25 bits per heavy atom. The maximum absolute atomic E-state index is 14.2. The summed E-state index contributed by atoms with van der Waals surface area (Å²) >= 11 is 0. The number of nitrogens with one attached hydrogen (secondary N) is 3. The molecule has 1 rings (SSSR count). The second-order valence-corrected chi connectivity index (χ2v) is 27.4. The average Bonchev–Trinajstić information content (AvgIpc) is 0.794. The fourth-order valence-corrected chi connectivity index (χ4v) is 12.4. The molecule has 0 aromatic rings. The van der Waals surface area contributed by atoms with Crippen molar-refractivity contribution in [2.45, 2.75) is 424 Å². The molecule has 0 aromatic heterocycles. The van der Waals surface area contributed by atoms with Crippen LogP contribution in [0.5, 0.6) is 0 Å². The van der Waals surface area contributed by atoms with Crippen molar-refractivity contribution in [3.63, 3.8) is 0 Å². The molecule has 0 bridgehead atoms. The molecule has 9 atom stereocenters. The lowest BCUT2D eigenvalue weighted by atomic mass is 9.96. The van der Waals surface area contributed by atoms with Crippen LogP contribution < -0.4 is 21.7 Å². The molecule has 0 radical (unpaired) electrons. The summed E-state index contributed by atoms with van der Waals surface area (Å²) in [6.07, 6.45) is 45.4. The first kappa shape index (κ1) is 88.7. The first-order chi connectivity index (χ1) is 46.0. The first-order valence-corrected chi connectivity index (χ1v) is 38.7. The molecule has 4 amide bonds. The Morgan fingerprint density at radius 2 is 0.863 bits per heavy atom. The Hall–Kier alpha value is -4.36. The number of rotatable bonds is 65. The summed E-state index contributed by atoms with van der Waals surface area (Å²) in [5, 5.41) is 19.6. The second kappa shape index (κ2) is 60.8. The zero-order chi connectivity index (χ0) is 69.9. The molecule has 0 aliphatic carbocycles. The number of primary amides is 1. The molecule has 1 saturated heterocycles. The molecule has 1 unspecified atom stereocenters. The largest absolute Gasteiger partial charge is 0.469 e. The Morgan fingerprint density at radius 1 is 0.474 bits per heavy atom. The van der Waals surface area contributed by atoms with Gasteiger partial charge in [-0.3, -0.25) is 38.4 Å². The topological polar surface area (TPSA) is 274 Å². The highest BCUT2D eigenvalue weighted by Crippen LogP contribution is 2.28. The number of carbonyl (C=O) groups excluding carboxylic acids is 8. The summed E-state index contributed by atoms with van der Waals surface area (Å²) in [4.78, 5) is 105. The minimum Gasteiger partial charge on any atom is -0.469 e. The van der Waals surface area contributed by atoms with E-state index in [9.17, 15) is 43.5 Å². The van der Waals surface area contributed by atoms with Crippen molar-refractivity contribution in [2.75, 3.05) is 13.7 Å². The third-order valence-corrected chi connectivity index (χ3v) is 18.5. The number of esters is 4. The smallest absolute Gasteiger partial charge is 0.311 e. The highest BCUT2D eigenvalue weighted by Gasteiger charge is 2.50. The fourth-order valence-electron chi connectivity index (χ4n) is 12.4. The van der Waals surface area contributed by atoms with E-state index < -0.39 is 109 Å². The van der Waals surface area contributed by atoms with Crippen LogP contribution in [0.2, 0.25) is 0 Å². The summed E-state index contributed by atoms with van der Waals surface area (Å²) in [6.45, 7) is 10.1. The minimum atomic E-state index is -1.68. The Labute approximate surface area is 576 Å². The van der Waals surface area contributed by atoms with Gasteiger partial charge in [0.2, 0.25) is 29.9 Å². The summed E-state index contributed by atoms with van der Waals surface area (Å²) in [5.74, 6) is -5.52. The van der Waals surface area contributed by atoms with Crippen LogP contribution in [0.25, 0.3) is 0 Å². The second-order valence-electron chi connectivity index (χ2n) is 27.4. The Bertz CT molecular complexity index is 1980. The maximum atomic E-state index is 14.2. The Balaban J connectivity index is 3.08. The van der Waals surface area contributed by atoms with Gasteiger partial charge in [0.25, 0.3) is 0 Å². The molecule has 95 heavy (non-hydrogen) atoms. The average molecular weight is 1350 g/mol. The predicted octanol–water partition coefficient (Wildman–Crippen LogP) is 16.0. The monoisotopic (exact) mass is 1350 g/mol. The van der Waals surface area contributed by atoms with Crippen molar-refractivity contribution in [2.24, 2.45) is 5.73 Å². The molecule has 1 aliphatic rings. The van der Waals surface area contributed by atoms with Crippen molar-refractivity contribution < 1.29 is 71.9 Å². The molecule has 1 heterocycles. The lowest BCUT2D eigenvalue weighted by molar-refractivity contribution is -0.275. The van der Waals surface area contributed by atoms with E-state index in [0.29, 0.717) is 25.7 Å². The number of unbranched alkanes of at least 4 members (excludes halogenated alkanes) is 42. The molecule has 19 nitrogen and oxygen atoms in total.